The summed E-state index contributed by atoms with van der Waals surface area (Å²) in [5.41, 5.74) is -0.196. The number of esters is 1. The smallest absolute Gasteiger partial charge is 0.321 e. The normalized spacial score (nSPS) is 14.8. The number of aryl methyl sites for hydroxylation is 1. The van der Waals surface area contributed by atoms with Crippen molar-refractivity contribution in [1.82, 2.24) is 20.8 Å². The highest BCUT2D eigenvalue weighted by atomic mass is 16.5. The zero-order valence-corrected chi connectivity index (χ0v) is 16.2. The molecule has 9 nitrogen and oxygen atoms in total. The first-order chi connectivity index (χ1) is 12.7. The molecule has 1 aliphatic rings. The van der Waals surface area contributed by atoms with Crippen LogP contribution in [0, 0.1) is 0 Å². The van der Waals surface area contributed by atoms with Gasteiger partial charge in [-0.1, -0.05) is 38.8 Å². The molecule has 27 heavy (non-hydrogen) atoms. The lowest BCUT2D eigenvalue weighted by Crippen LogP contribution is -2.44. The maximum Gasteiger partial charge on any atom is 0.321 e. The molecule has 0 radical (unpaired) electrons. The molecule has 3 amide bonds. The molecule has 2 rings (SSSR count). The van der Waals surface area contributed by atoms with Crippen LogP contribution in [0.2, 0.25) is 0 Å². The van der Waals surface area contributed by atoms with Crippen molar-refractivity contribution in [3.63, 3.8) is 0 Å². The van der Waals surface area contributed by atoms with Crippen molar-refractivity contribution >= 4 is 17.9 Å². The lowest BCUT2D eigenvalue weighted by molar-refractivity contribution is -0.148. The standard InChI is InChI=1S/C18H28N4O5/c1-18(2,3)16-21-14(27-22-16)9-6-10-15(24)26-11-13(23)20-17(25)19-12-7-4-5-8-12/h12H,4-11H2,1-3H3,(H2,19,20,23,25). The number of rotatable bonds is 7. The second-order valence-electron chi connectivity index (χ2n) is 7.78. The molecule has 1 aromatic heterocycles. The van der Waals surface area contributed by atoms with Crippen LogP contribution < -0.4 is 10.6 Å². The SMILES string of the molecule is CC(C)(C)c1noc(CCCC(=O)OCC(=O)NC(=O)NC2CCCC2)n1. The van der Waals surface area contributed by atoms with E-state index in [0.29, 0.717) is 24.6 Å². The van der Waals surface area contributed by atoms with Crippen molar-refractivity contribution in [3.05, 3.63) is 11.7 Å². The predicted molar refractivity (Wildman–Crippen MR) is 95.8 cm³/mol. The quantitative estimate of drug-likeness (QED) is 0.693. The van der Waals surface area contributed by atoms with Crippen molar-refractivity contribution in [2.75, 3.05) is 6.61 Å². The van der Waals surface area contributed by atoms with Gasteiger partial charge >= 0.3 is 12.0 Å². The number of nitrogens with one attached hydrogen (secondary N) is 2. The molecule has 0 saturated heterocycles. The van der Waals surface area contributed by atoms with Gasteiger partial charge in [-0.05, 0) is 19.3 Å². The first kappa shape index (κ1) is 20.9. The van der Waals surface area contributed by atoms with Crippen molar-refractivity contribution in [2.24, 2.45) is 0 Å². The van der Waals surface area contributed by atoms with Gasteiger partial charge in [0.25, 0.3) is 5.91 Å². The Morgan fingerprint density at radius 1 is 1.22 bits per heavy atom. The maximum atomic E-state index is 11.7. The Bertz CT molecular complexity index is 659. The molecule has 1 fully saturated rings. The van der Waals surface area contributed by atoms with Gasteiger partial charge in [0.15, 0.2) is 12.4 Å². The number of ether oxygens (including phenoxy) is 1. The van der Waals surface area contributed by atoms with Gasteiger partial charge in [-0.3, -0.25) is 14.9 Å². The van der Waals surface area contributed by atoms with E-state index in [1.54, 1.807) is 0 Å². The van der Waals surface area contributed by atoms with E-state index in [4.69, 9.17) is 9.26 Å². The minimum absolute atomic E-state index is 0.115. The number of aromatic nitrogens is 2. The molecular formula is C18H28N4O5. The summed E-state index contributed by atoms with van der Waals surface area (Å²) in [5.74, 6) is -0.0795. The topological polar surface area (TPSA) is 123 Å². The summed E-state index contributed by atoms with van der Waals surface area (Å²) in [7, 11) is 0. The number of imide groups is 1. The van der Waals surface area contributed by atoms with E-state index in [0.717, 1.165) is 25.7 Å². The summed E-state index contributed by atoms with van der Waals surface area (Å²) in [6.45, 7) is 5.47. The summed E-state index contributed by atoms with van der Waals surface area (Å²) in [4.78, 5) is 39.3. The Hall–Kier alpha value is -2.45. The van der Waals surface area contributed by atoms with Crippen LogP contribution in [0.25, 0.3) is 0 Å². The third-order valence-corrected chi connectivity index (χ3v) is 4.22. The predicted octanol–water partition coefficient (Wildman–Crippen LogP) is 2.00. The Balaban J connectivity index is 1.59. The van der Waals surface area contributed by atoms with Crippen LogP contribution in [0.1, 0.15) is 71.0 Å². The molecule has 9 heteroatoms. The van der Waals surface area contributed by atoms with Crippen LogP contribution >= 0.6 is 0 Å². The highest BCUT2D eigenvalue weighted by Gasteiger charge is 2.21. The van der Waals surface area contributed by atoms with Crippen molar-refractivity contribution in [1.29, 1.82) is 0 Å². The summed E-state index contributed by atoms with van der Waals surface area (Å²) < 4.78 is 10.0. The number of carbonyl (C=O) groups is 3. The second-order valence-corrected chi connectivity index (χ2v) is 7.78. The third-order valence-electron chi connectivity index (χ3n) is 4.22. The zero-order valence-electron chi connectivity index (χ0n) is 16.2. The molecule has 0 spiro atoms. The number of urea groups is 1. The molecule has 0 unspecified atom stereocenters. The summed E-state index contributed by atoms with van der Waals surface area (Å²) in [6.07, 6.45) is 5.05. The van der Waals surface area contributed by atoms with E-state index >= 15 is 0 Å². The van der Waals surface area contributed by atoms with Gasteiger partial charge in [0.1, 0.15) is 0 Å². The number of amides is 3. The lowest BCUT2D eigenvalue weighted by atomic mass is 9.96. The summed E-state index contributed by atoms with van der Waals surface area (Å²) >= 11 is 0. The fourth-order valence-electron chi connectivity index (χ4n) is 2.72. The van der Waals surface area contributed by atoms with E-state index in [2.05, 4.69) is 20.8 Å². The van der Waals surface area contributed by atoms with Gasteiger partial charge in [0, 0.05) is 24.3 Å². The van der Waals surface area contributed by atoms with Gasteiger partial charge in [-0.2, -0.15) is 4.98 Å². The molecule has 0 aliphatic heterocycles. The Kier molecular flexibility index (Phi) is 7.32. The van der Waals surface area contributed by atoms with Crippen molar-refractivity contribution in [3.8, 4) is 0 Å². The minimum atomic E-state index is -0.648. The Labute approximate surface area is 158 Å². The third kappa shape index (κ3) is 7.36. The van der Waals surface area contributed by atoms with E-state index in [-0.39, 0.29) is 17.9 Å². The first-order valence-corrected chi connectivity index (χ1v) is 9.33. The minimum Gasteiger partial charge on any atom is -0.456 e. The Morgan fingerprint density at radius 2 is 1.93 bits per heavy atom. The molecule has 1 saturated carbocycles. The van der Waals surface area contributed by atoms with Crippen LogP contribution in [0.5, 0.6) is 0 Å². The van der Waals surface area contributed by atoms with Crippen molar-refractivity contribution in [2.45, 2.75) is 77.2 Å². The number of hydrogen-bond acceptors (Lipinski definition) is 7. The molecule has 0 bridgehead atoms. The summed E-state index contributed by atoms with van der Waals surface area (Å²) in [6, 6.07) is -0.433. The molecule has 1 heterocycles. The Morgan fingerprint density at radius 3 is 2.56 bits per heavy atom. The van der Waals surface area contributed by atoms with Crippen LogP contribution in [-0.4, -0.2) is 40.7 Å². The fourth-order valence-corrected chi connectivity index (χ4v) is 2.72. The van der Waals surface area contributed by atoms with E-state index in [1.165, 1.54) is 0 Å². The fraction of sp³-hybridized carbons (Fsp3) is 0.722. The van der Waals surface area contributed by atoms with Crippen LogP contribution in [0.4, 0.5) is 4.79 Å². The highest BCUT2D eigenvalue weighted by molar-refractivity contribution is 5.95. The van der Waals surface area contributed by atoms with Crippen LogP contribution in [0.3, 0.4) is 0 Å². The molecule has 2 N–H and O–H groups in total. The highest BCUT2D eigenvalue weighted by Crippen LogP contribution is 2.19. The van der Waals surface area contributed by atoms with Gasteiger partial charge < -0.3 is 14.6 Å². The first-order valence-electron chi connectivity index (χ1n) is 9.33. The molecule has 150 valence electrons. The molecule has 1 aromatic rings. The second kappa shape index (κ2) is 9.48. The van der Waals surface area contributed by atoms with E-state index in [1.807, 2.05) is 20.8 Å². The molecule has 0 aromatic carbocycles. The monoisotopic (exact) mass is 380 g/mol. The number of hydrogen-bond donors (Lipinski definition) is 2. The zero-order chi connectivity index (χ0) is 19.9. The average Bonchev–Trinajstić information content (AvgIpc) is 3.24. The van der Waals surface area contributed by atoms with Gasteiger partial charge in [-0.15, -0.1) is 0 Å². The van der Waals surface area contributed by atoms with Crippen LogP contribution in [-0.2, 0) is 26.2 Å². The van der Waals surface area contributed by atoms with Crippen LogP contribution in [0.15, 0.2) is 4.52 Å². The van der Waals surface area contributed by atoms with Gasteiger partial charge in [0.2, 0.25) is 5.89 Å². The molecular weight excluding hydrogens is 352 g/mol. The van der Waals surface area contributed by atoms with Crippen molar-refractivity contribution < 1.29 is 23.6 Å². The largest absolute Gasteiger partial charge is 0.456 e. The van der Waals surface area contributed by atoms with Gasteiger partial charge in [-0.25, -0.2) is 4.79 Å². The van der Waals surface area contributed by atoms with E-state index in [9.17, 15) is 14.4 Å². The number of carbonyl (C=O) groups excluding carboxylic acids is 3. The molecule has 1 aliphatic carbocycles. The average molecular weight is 380 g/mol. The maximum absolute atomic E-state index is 11.7. The molecule has 0 atom stereocenters. The summed E-state index contributed by atoms with van der Waals surface area (Å²) in [5, 5.41) is 8.80. The number of nitrogens with zero attached hydrogens (tertiary/aromatic N) is 2. The van der Waals surface area contributed by atoms with E-state index < -0.39 is 24.5 Å². The lowest BCUT2D eigenvalue weighted by Gasteiger charge is -2.12. The van der Waals surface area contributed by atoms with Gasteiger partial charge in [0.05, 0.1) is 0 Å².